The Hall–Kier alpha value is -1.84. The number of likely N-dealkylation sites (tertiary alicyclic amines) is 1. The van der Waals surface area contributed by atoms with Crippen LogP contribution in [0.5, 0.6) is 5.75 Å². The second-order valence-electron chi connectivity index (χ2n) is 7.94. The van der Waals surface area contributed by atoms with Crippen molar-refractivity contribution in [2.24, 2.45) is 11.3 Å². The summed E-state index contributed by atoms with van der Waals surface area (Å²) in [5, 5.41) is 0. The smallest absolute Gasteiger partial charge is 0.223 e. The summed E-state index contributed by atoms with van der Waals surface area (Å²) in [7, 11) is 1.63. The Morgan fingerprint density at radius 2 is 1.83 bits per heavy atom. The van der Waals surface area contributed by atoms with E-state index >= 15 is 0 Å². The Bertz CT molecular complexity index is 608. The van der Waals surface area contributed by atoms with Crippen molar-refractivity contribution < 1.29 is 14.3 Å². The number of ketones is 1. The van der Waals surface area contributed by atoms with Gasteiger partial charge in [-0.2, -0.15) is 0 Å². The summed E-state index contributed by atoms with van der Waals surface area (Å²) in [6.45, 7) is 9.54. The molecule has 1 saturated heterocycles. The molecule has 132 valence electrons. The fourth-order valence-corrected chi connectivity index (χ4v) is 3.22. The van der Waals surface area contributed by atoms with Crippen LogP contribution >= 0.6 is 0 Å². The van der Waals surface area contributed by atoms with Crippen molar-refractivity contribution in [2.75, 3.05) is 20.2 Å². The van der Waals surface area contributed by atoms with Crippen LogP contribution in [0, 0.1) is 18.3 Å². The predicted molar refractivity (Wildman–Crippen MR) is 95.4 cm³/mol. The van der Waals surface area contributed by atoms with E-state index in [1.807, 2.05) is 30.0 Å². The molecule has 1 heterocycles. The lowest BCUT2D eigenvalue weighted by Crippen LogP contribution is -2.41. The van der Waals surface area contributed by atoms with Crippen molar-refractivity contribution >= 4 is 11.7 Å². The lowest BCUT2D eigenvalue weighted by Gasteiger charge is -2.33. The maximum Gasteiger partial charge on any atom is 0.223 e. The number of carbonyl (C=O) groups excluding carboxylic acids is 2. The molecule has 0 spiro atoms. The van der Waals surface area contributed by atoms with Crippen molar-refractivity contribution in [1.82, 2.24) is 4.90 Å². The van der Waals surface area contributed by atoms with Gasteiger partial charge in [-0.1, -0.05) is 20.8 Å². The minimum atomic E-state index is 0.00434. The molecule has 0 bridgehead atoms. The van der Waals surface area contributed by atoms with Crippen molar-refractivity contribution in [3.63, 3.8) is 0 Å². The summed E-state index contributed by atoms with van der Waals surface area (Å²) in [5.74, 6) is 1.20. The van der Waals surface area contributed by atoms with Gasteiger partial charge in [0.25, 0.3) is 0 Å². The molecule has 4 nitrogen and oxygen atoms in total. The number of rotatable bonds is 4. The number of carbonyl (C=O) groups is 2. The molecule has 1 fully saturated rings. The number of hydrogen-bond donors (Lipinski definition) is 0. The van der Waals surface area contributed by atoms with E-state index in [0.717, 1.165) is 29.7 Å². The average molecular weight is 331 g/mol. The van der Waals surface area contributed by atoms with E-state index in [4.69, 9.17) is 4.74 Å². The molecule has 0 saturated carbocycles. The Labute approximate surface area is 145 Å². The molecule has 0 aromatic heterocycles. The largest absolute Gasteiger partial charge is 0.496 e. The predicted octanol–water partition coefficient (Wildman–Crippen LogP) is 3.86. The highest BCUT2D eigenvalue weighted by atomic mass is 16.5. The molecule has 1 aromatic rings. The fourth-order valence-electron chi connectivity index (χ4n) is 3.22. The van der Waals surface area contributed by atoms with Gasteiger partial charge in [-0.15, -0.1) is 0 Å². The quantitative estimate of drug-likeness (QED) is 0.787. The maximum absolute atomic E-state index is 12.7. The molecule has 1 aliphatic heterocycles. The normalized spacial score (nSPS) is 16.1. The highest BCUT2D eigenvalue weighted by Crippen LogP contribution is 2.27. The fraction of sp³-hybridized carbons (Fsp3) is 0.600. The number of aryl methyl sites for hydroxylation is 1. The highest BCUT2D eigenvalue weighted by Gasteiger charge is 2.29. The zero-order valence-electron chi connectivity index (χ0n) is 15.5. The summed E-state index contributed by atoms with van der Waals surface area (Å²) >= 11 is 0. The van der Waals surface area contributed by atoms with Gasteiger partial charge in [-0.25, -0.2) is 0 Å². The van der Waals surface area contributed by atoms with E-state index in [1.54, 1.807) is 7.11 Å². The van der Waals surface area contributed by atoms with Crippen LogP contribution in [0.25, 0.3) is 0 Å². The first-order valence-electron chi connectivity index (χ1n) is 8.68. The minimum absolute atomic E-state index is 0.00434. The zero-order valence-corrected chi connectivity index (χ0v) is 15.5. The summed E-state index contributed by atoms with van der Waals surface area (Å²) in [6, 6.07) is 5.59. The van der Waals surface area contributed by atoms with Crippen molar-refractivity contribution in [3.05, 3.63) is 29.3 Å². The van der Waals surface area contributed by atoms with Gasteiger partial charge in [-0.05, 0) is 48.9 Å². The molecule has 0 atom stereocenters. The van der Waals surface area contributed by atoms with Crippen LogP contribution < -0.4 is 4.74 Å². The van der Waals surface area contributed by atoms with Gasteiger partial charge in [0.15, 0.2) is 5.78 Å². The minimum Gasteiger partial charge on any atom is -0.496 e. The molecule has 0 aliphatic carbocycles. The van der Waals surface area contributed by atoms with Gasteiger partial charge >= 0.3 is 0 Å². The molecule has 0 unspecified atom stereocenters. The van der Waals surface area contributed by atoms with Crippen LogP contribution in [-0.2, 0) is 4.79 Å². The lowest BCUT2D eigenvalue weighted by molar-refractivity contribution is -0.134. The average Bonchev–Trinajstić information content (AvgIpc) is 2.52. The first-order valence-corrected chi connectivity index (χ1v) is 8.68. The van der Waals surface area contributed by atoms with Crippen LogP contribution in [0.15, 0.2) is 18.2 Å². The van der Waals surface area contributed by atoms with Gasteiger partial charge in [0, 0.05) is 31.0 Å². The lowest BCUT2D eigenvalue weighted by atomic mass is 9.87. The Balaban J connectivity index is 1.95. The molecule has 24 heavy (non-hydrogen) atoms. The van der Waals surface area contributed by atoms with Crippen LogP contribution in [0.1, 0.15) is 56.0 Å². The standard InChI is InChI=1S/C20H29NO3/c1-14-12-16(6-7-17(14)24-5)19(23)15-8-10-21(11-9-15)18(22)13-20(2,3)4/h6-7,12,15H,8-11,13H2,1-5H3. The van der Waals surface area contributed by atoms with E-state index in [0.29, 0.717) is 19.5 Å². The number of amides is 1. The Kier molecular flexibility index (Phi) is 5.68. The third-order valence-corrected chi connectivity index (χ3v) is 4.58. The van der Waals surface area contributed by atoms with Crippen LogP contribution in [-0.4, -0.2) is 36.8 Å². The second kappa shape index (κ2) is 7.37. The molecule has 1 aliphatic rings. The van der Waals surface area contributed by atoms with Gasteiger partial charge in [0.2, 0.25) is 5.91 Å². The molecular formula is C20H29NO3. The second-order valence-corrected chi connectivity index (χ2v) is 7.94. The Morgan fingerprint density at radius 3 is 2.33 bits per heavy atom. The van der Waals surface area contributed by atoms with Crippen LogP contribution in [0.4, 0.5) is 0 Å². The third kappa shape index (κ3) is 4.59. The number of methoxy groups -OCH3 is 1. The van der Waals surface area contributed by atoms with Gasteiger partial charge in [-0.3, -0.25) is 9.59 Å². The first-order chi connectivity index (χ1) is 11.2. The van der Waals surface area contributed by atoms with E-state index in [2.05, 4.69) is 20.8 Å². The van der Waals surface area contributed by atoms with Crippen molar-refractivity contribution in [1.29, 1.82) is 0 Å². The van der Waals surface area contributed by atoms with E-state index in [1.165, 1.54) is 0 Å². The zero-order chi connectivity index (χ0) is 17.9. The van der Waals surface area contributed by atoms with Gasteiger partial charge in [0.1, 0.15) is 5.75 Å². The summed E-state index contributed by atoms with van der Waals surface area (Å²) in [4.78, 5) is 26.9. The molecule has 4 heteroatoms. The monoisotopic (exact) mass is 331 g/mol. The van der Waals surface area contributed by atoms with Gasteiger partial charge < -0.3 is 9.64 Å². The number of piperidine rings is 1. The summed E-state index contributed by atoms with van der Waals surface area (Å²) < 4.78 is 5.25. The number of ether oxygens (including phenoxy) is 1. The van der Waals surface area contributed by atoms with E-state index < -0.39 is 0 Å². The molecular weight excluding hydrogens is 302 g/mol. The summed E-state index contributed by atoms with van der Waals surface area (Å²) in [5.41, 5.74) is 1.72. The van der Waals surface area contributed by atoms with Gasteiger partial charge in [0.05, 0.1) is 7.11 Å². The number of nitrogens with zero attached hydrogens (tertiary/aromatic N) is 1. The molecule has 1 aromatic carbocycles. The third-order valence-electron chi connectivity index (χ3n) is 4.58. The molecule has 2 rings (SSSR count). The molecule has 0 radical (unpaired) electrons. The summed E-state index contributed by atoms with van der Waals surface area (Å²) in [6.07, 6.45) is 2.06. The molecule has 0 N–H and O–H groups in total. The van der Waals surface area contributed by atoms with E-state index in [9.17, 15) is 9.59 Å². The number of hydrogen-bond acceptors (Lipinski definition) is 3. The van der Waals surface area contributed by atoms with E-state index in [-0.39, 0.29) is 23.0 Å². The number of Topliss-reactive ketones (excluding diaryl/α,β-unsaturated/α-hetero) is 1. The van der Waals surface area contributed by atoms with Crippen LogP contribution in [0.2, 0.25) is 0 Å². The highest BCUT2D eigenvalue weighted by molar-refractivity contribution is 5.98. The topological polar surface area (TPSA) is 46.6 Å². The SMILES string of the molecule is COc1ccc(C(=O)C2CCN(C(=O)CC(C)(C)C)CC2)cc1C. The van der Waals surface area contributed by atoms with Crippen LogP contribution in [0.3, 0.4) is 0 Å². The number of benzene rings is 1. The van der Waals surface area contributed by atoms with Crippen molar-refractivity contribution in [3.8, 4) is 5.75 Å². The molecule has 1 amide bonds. The maximum atomic E-state index is 12.7. The Morgan fingerprint density at radius 1 is 1.21 bits per heavy atom. The first kappa shape index (κ1) is 18.5. The van der Waals surface area contributed by atoms with Crippen molar-refractivity contribution in [2.45, 2.75) is 47.0 Å².